The second kappa shape index (κ2) is 5.19. The quantitative estimate of drug-likeness (QED) is 0.900. The number of phenolic OH excluding ortho intramolecular Hbond substituents is 1. The Labute approximate surface area is 107 Å². The number of phenols is 1. The molecule has 0 aromatic heterocycles. The minimum absolute atomic E-state index is 0.209. The van der Waals surface area contributed by atoms with Crippen LogP contribution < -0.4 is 5.32 Å². The van der Waals surface area contributed by atoms with E-state index in [9.17, 15) is 9.50 Å². The molecule has 88 valence electrons. The van der Waals surface area contributed by atoms with E-state index in [0.717, 1.165) is 5.56 Å². The molecule has 0 aliphatic heterocycles. The highest BCUT2D eigenvalue weighted by atomic mass is 79.9. The number of hydrogen-bond acceptors (Lipinski definition) is 2. The van der Waals surface area contributed by atoms with E-state index in [2.05, 4.69) is 21.2 Å². The maximum absolute atomic E-state index is 13.5. The van der Waals surface area contributed by atoms with E-state index in [1.165, 1.54) is 6.07 Å². The minimum Gasteiger partial charge on any atom is -0.508 e. The van der Waals surface area contributed by atoms with Gasteiger partial charge >= 0.3 is 0 Å². The van der Waals surface area contributed by atoms with E-state index in [-0.39, 0.29) is 11.6 Å². The molecule has 2 N–H and O–H groups in total. The number of aromatic hydroxyl groups is 1. The summed E-state index contributed by atoms with van der Waals surface area (Å²) in [5.41, 5.74) is 1.34. The molecular formula is C13H11BrFNO. The van der Waals surface area contributed by atoms with Gasteiger partial charge in [0.15, 0.2) is 0 Å². The zero-order valence-corrected chi connectivity index (χ0v) is 10.5. The van der Waals surface area contributed by atoms with Gasteiger partial charge in [-0.25, -0.2) is 4.39 Å². The first kappa shape index (κ1) is 11.9. The first-order valence-corrected chi connectivity index (χ1v) is 5.91. The summed E-state index contributed by atoms with van der Waals surface area (Å²) in [5.74, 6) is -0.0971. The van der Waals surface area contributed by atoms with Crippen LogP contribution in [0.15, 0.2) is 46.9 Å². The van der Waals surface area contributed by atoms with Gasteiger partial charge in [-0.15, -0.1) is 0 Å². The summed E-state index contributed by atoms with van der Waals surface area (Å²) >= 11 is 3.20. The summed E-state index contributed by atoms with van der Waals surface area (Å²) in [4.78, 5) is 0. The molecule has 0 fully saturated rings. The van der Waals surface area contributed by atoms with Gasteiger partial charge in [0, 0.05) is 11.0 Å². The van der Waals surface area contributed by atoms with Crippen molar-refractivity contribution in [3.8, 4) is 5.75 Å². The smallest absolute Gasteiger partial charge is 0.147 e. The van der Waals surface area contributed by atoms with Gasteiger partial charge in [0.1, 0.15) is 11.6 Å². The molecule has 0 radical (unpaired) electrons. The molecule has 0 saturated carbocycles. The average molecular weight is 296 g/mol. The van der Waals surface area contributed by atoms with E-state index < -0.39 is 0 Å². The normalized spacial score (nSPS) is 10.2. The van der Waals surface area contributed by atoms with E-state index in [1.54, 1.807) is 30.3 Å². The van der Waals surface area contributed by atoms with Crippen molar-refractivity contribution in [1.82, 2.24) is 0 Å². The van der Waals surface area contributed by atoms with E-state index >= 15 is 0 Å². The van der Waals surface area contributed by atoms with Gasteiger partial charge in [0.2, 0.25) is 0 Å². The molecule has 2 rings (SSSR count). The maximum Gasteiger partial charge on any atom is 0.147 e. The van der Waals surface area contributed by atoms with Crippen molar-refractivity contribution in [3.63, 3.8) is 0 Å². The Bertz CT molecular complexity index is 531. The standard InChI is InChI=1S/C13H11BrFNO/c14-10-4-5-13(12(15)7-10)16-8-9-2-1-3-11(17)6-9/h1-7,16-17H,8H2. The molecule has 0 aliphatic carbocycles. The highest BCUT2D eigenvalue weighted by molar-refractivity contribution is 9.10. The van der Waals surface area contributed by atoms with Crippen molar-refractivity contribution < 1.29 is 9.50 Å². The summed E-state index contributed by atoms with van der Waals surface area (Å²) in [7, 11) is 0. The number of rotatable bonds is 3. The fraction of sp³-hybridized carbons (Fsp3) is 0.0769. The summed E-state index contributed by atoms with van der Waals surface area (Å²) in [6, 6.07) is 11.7. The molecule has 0 aliphatic rings. The fourth-order valence-electron chi connectivity index (χ4n) is 1.50. The van der Waals surface area contributed by atoms with Crippen LogP contribution >= 0.6 is 15.9 Å². The molecule has 0 unspecified atom stereocenters. The Morgan fingerprint density at radius 3 is 2.71 bits per heavy atom. The lowest BCUT2D eigenvalue weighted by Crippen LogP contribution is -2.01. The van der Waals surface area contributed by atoms with Crippen molar-refractivity contribution >= 4 is 21.6 Å². The van der Waals surface area contributed by atoms with Gasteiger partial charge in [-0.3, -0.25) is 0 Å². The molecule has 2 aromatic rings. The molecule has 0 bridgehead atoms. The molecule has 0 amide bonds. The second-order valence-corrected chi connectivity index (χ2v) is 4.56. The van der Waals surface area contributed by atoms with Crippen LogP contribution in [0.2, 0.25) is 0 Å². The number of hydrogen-bond donors (Lipinski definition) is 2. The van der Waals surface area contributed by atoms with E-state index in [0.29, 0.717) is 16.7 Å². The zero-order valence-electron chi connectivity index (χ0n) is 8.95. The molecule has 0 heterocycles. The lowest BCUT2D eigenvalue weighted by atomic mass is 10.2. The lowest BCUT2D eigenvalue weighted by Gasteiger charge is -2.08. The lowest BCUT2D eigenvalue weighted by molar-refractivity contribution is 0.474. The molecule has 2 nitrogen and oxygen atoms in total. The Balaban J connectivity index is 2.07. The number of benzene rings is 2. The predicted molar refractivity (Wildman–Crippen MR) is 69.5 cm³/mol. The molecule has 0 spiro atoms. The van der Waals surface area contributed by atoms with Gasteiger partial charge in [-0.2, -0.15) is 0 Å². The van der Waals surface area contributed by atoms with Gasteiger partial charge in [-0.1, -0.05) is 28.1 Å². The third-order valence-electron chi connectivity index (χ3n) is 2.32. The molecule has 0 atom stereocenters. The van der Waals surface area contributed by atoms with Gasteiger partial charge < -0.3 is 10.4 Å². The molecule has 17 heavy (non-hydrogen) atoms. The van der Waals surface area contributed by atoms with Crippen LogP contribution in [0, 0.1) is 5.82 Å². The molecule has 4 heteroatoms. The van der Waals surface area contributed by atoms with Crippen LogP contribution in [0.3, 0.4) is 0 Å². The van der Waals surface area contributed by atoms with Gasteiger partial charge in [0.05, 0.1) is 5.69 Å². The van der Waals surface area contributed by atoms with Gasteiger partial charge in [-0.05, 0) is 35.9 Å². The van der Waals surface area contributed by atoms with Crippen LogP contribution in [0.1, 0.15) is 5.56 Å². The Hall–Kier alpha value is -1.55. The first-order valence-electron chi connectivity index (χ1n) is 5.12. The van der Waals surface area contributed by atoms with Crippen LogP contribution in [0.5, 0.6) is 5.75 Å². The Kier molecular flexibility index (Phi) is 3.64. The minimum atomic E-state index is -0.306. The van der Waals surface area contributed by atoms with Crippen LogP contribution in [0.4, 0.5) is 10.1 Å². The third kappa shape index (κ3) is 3.20. The third-order valence-corrected chi connectivity index (χ3v) is 2.82. The fourth-order valence-corrected chi connectivity index (χ4v) is 1.83. The van der Waals surface area contributed by atoms with Crippen molar-refractivity contribution in [2.45, 2.75) is 6.54 Å². The average Bonchev–Trinajstić information content (AvgIpc) is 2.28. The summed E-state index contributed by atoms with van der Waals surface area (Å²) < 4.78 is 14.2. The summed E-state index contributed by atoms with van der Waals surface area (Å²) in [6.07, 6.45) is 0. The first-order chi connectivity index (χ1) is 8.15. The summed E-state index contributed by atoms with van der Waals surface area (Å²) in [5, 5.41) is 12.3. The number of nitrogens with one attached hydrogen (secondary N) is 1. The van der Waals surface area contributed by atoms with E-state index in [1.807, 2.05) is 6.07 Å². The van der Waals surface area contributed by atoms with Crippen molar-refractivity contribution in [2.24, 2.45) is 0 Å². The monoisotopic (exact) mass is 295 g/mol. The van der Waals surface area contributed by atoms with E-state index in [4.69, 9.17) is 0 Å². The van der Waals surface area contributed by atoms with Crippen molar-refractivity contribution in [3.05, 3.63) is 58.3 Å². The van der Waals surface area contributed by atoms with Crippen molar-refractivity contribution in [1.29, 1.82) is 0 Å². The van der Waals surface area contributed by atoms with Crippen LogP contribution in [-0.2, 0) is 6.54 Å². The highest BCUT2D eigenvalue weighted by Crippen LogP contribution is 2.20. The van der Waals surface area contributed by atoms with Crippen LogP contribution in [0.25, 0.3) is 0 Å². The predicted octanol–water partition coefficient (Wildman–Crippen LogP) is 3.91. The Morgan fingerprint density at radius 2 is 2.00 bits per heavy atom. The highest BCUT2D eigenvalue weighted by Gasteiger charge is 2.02. The van der Waals surface area contributed by atoms with Crippen molar-refractivity contribution in [2.75, 3.05) is 5.32 Å². The largest absolute Gasteiger partial charge is 0.508 e. The summed E-state index contributed by atoms with van der Waals surface area (Å²) in [6.45, 7) is 0.465. The molecule has 0 saturated heterocycles. The second-order valence-electron chi connectivity index (χ2n) is 3.65. The zero-order chi connectivity index (χ0) is 12.3. The molecule has 2 aromatic carbocycles. The molecular weight excluding hydrogens is 285 g/mol. The maximum atomic E-state index is 13.5. The Morgan fingerprint density at radius 1 is 1.18 bits per heavy atom. The number of anilines is 1. The SMILES string of the molecule is Oc1cccc(CNc2ccc(Br)cc2F)c1. The number of halogens is 2. The van der Waals surface area contributed by atoms with Crippen LogP contribution in [-0.4, -0.2) is 5.11 Å². The topological polar surface area (TPSA) is 32.3 Å². The van der Waals surface area contributed by atoms with Gasteiger partial charge in [0.25, 0.3) is 0 Å².